The second-order valence-corrected chi connectivity index (χ2v) is 7.84. The van der Waals surface area contributed by atoms with E-state index >= 15 is 0 Å². The van der Waals surface area contributed by atoms with E-state index in [1.807, 2.05) is 0 Å². The normalized spacial score (nSPS) is 27.7. The quantitative estimate of drug-likeness (QED) is 0.827. The fourth-order valence-electron chi connectivity index (χ4n) is 4.30. The van der Waals surface area contributed by atoms with E-state index in [0.29, 0.717) is 17.1 Å². The maximum atomic E-state index is 12.7. The van der Waals surface area contributed by atoms with Crippen LogP contribution in [0.5, 0.6) is 5.75 Å². The number of benzene rings is 1. The third kappa shape index (κ3) is 2.89. The molecule has 2 aromatic rings. The zero-order chi connectivity index (χ0) is 18.7. The van der Waals surface area contributed by atoms with Crippen molar-refractivity contribution in [1.29, 1.82) is 0 Å². The van der Waals surface area contributed by atoms with Gasteiger partial charge in [-0.25, -0.2) is 0 Å². The van der Waals surface area contributed by atoms with E-state index in [0.717, 1.165) is 25.9 Å². The average Bonchev–Trinajstić information content (AvgIpc) is 2.96. The molecule has 0 saturated carbocycles. The molecule has 1 aromatic carbocycles. The molecule has 5 rings (SSSR count). The van der Waals surface area contributed by atoms with Gasteiger partial charge in [-0.1, -0.05) is 16.8 Å². The number of halogens is 4. The van der Waals surface area contributed by atoms with Gasteiger partial charge in [0.1, 0.15) is 0 Å². The minimum atomic E-state index is -4.86. The lowest BCUT2D eigenvalue weighted by atomic mass is 9.72. The van der Waals surface area contributed by atoms with Crippen LogP contribution in [0.1, 0.15) is 26.7 Å². The standard InChI is InChI=1S/C17H19ClF3N3O2/c1-16(2)14(9-5-7-24(16)8-6-9)22-15-10-3-4-11(18)13(12(10)26-23-15)25-17(19,20)21/h3-4,9,14H,5-8H2,1-2H3,(H,22,23). The first kappa shape index (κ1) is 17.7. The van der Waals surface area contributed by atoms with Gasteiger partial charge in [0.2, 0.25) is 5.58 Å². The Morgan fingerprint density at radius 2 is 2.00 bits per heavy atom. The molecule has 0 amide bonds. The van der Waals surface area contributed by atoms with Gasteiger partial charge in [0.05, 0.1) is 10.4 Å². The van der Waals surface area contributed by atoms with Crippen molar-refractivity contribution in [2.24, 2.45) is 5.92 Å². The Morgan fingerprint density at radius 3 is 2.62 bits per heavy atom. The van der Waals surface area contributed by atoms with Crippen molar-refractivity contribution in [3.63, 3.8) is 0 Å². The molecule has 0 radical (unpaired) electrons. The Hall–Kier alpha value is -1.67. The van der Waals surface area contributed by atoms with E-state index < -0.39 is 12.1 Å². The molecule has 1 atom stereocenters. The number of piperidine rings is 3. The number of aromatic nitrogens is 1. The number of rotatable bonds is 3. The number of alkyl halides is 3. The summed E-state index contributed by atoms with van der Waals surface area (Å²) < 4.78 is 47.2. The molecule has 3 aliphatic heterocycles. The topological polar surface area (TPSA) is 50.5 Å². The first-order chi connectivity index (χ1) is 12.2. The van der Waals surface area contributed by atoms with Crippen LogP contribution in [0.25, 0.3) is 11.0 Å². The predicted octanol–water partition coefficient (Wildman–Crippen LogP) is 4.66. The Bertz CT molecular complexity index is 829. The van der Waals surface area contributed by atoms with Crippen LogP contribution in [0.3, 0.4) is 0 Å². The van der Waals surface area contributed by atoms with E-state index in [1.165, 1.54) is 6.07 Å². The molecule has 4 heterocycles. The van der Waals surface area contributed by atoms with Crippen LogP contribution < -0.4 is 10.1 Å². The summed E-state index contributed by atoms with van der Waals surface area (Å²) in [5.41, 5.74) is -0.194. The summed E-state index contributed by atoms with van der Waals surface area (Å²) in [6.07, 6.45) is -2.69. The van der Waals surface area contributed by atoms with Gasteiger partial charge in [0.25, 0.3) is 0 Å². The van der Waals surface area contributed by atoms with Crippen molar-refractivity contribution >= 4 is 28.4 Å². The number of nitrogens with zero attached hydrogens (tertiary/aromatic N) is 2. The molecule has 3 aliphatic rings. The Morgan fingerprint density at radius 1 is 1.31 bits per heavy atom. The monoisotopic (exact) mass is 389 g/mol. The summed E-state index contributed by atoms with van der Waals surface area (Å²) in [7, 11) is 0. The van der Waals surface area contributed by atoms with Gasteiger partial charge in [0.15, 0.2) is 11.6 Å². The molecule has 3 saturated heterocycles. The highest BCUT2D eigenvalue weighted by Crippen LogP contribution is 2.43. The molecular weight excluding hydrogens is 371 g/mol. The highest BCUT2D eigenvalue weighted by atomic mass is 35.5. The predicted molar refractivity (Wildman–Crippen MR) is 91.5 cm³/mol. The van der Waals surface area contributed by atoms with Crippen LogP contribution in [0.4, 0.5) is 19.0 Å². The van der Waals surface area contributed by atoms with Crippen molar-refractivity contribution in [3.05, 3.63) is 17.2 Å². The van der Waals surface area contributed by atoms with Crippen LogP contribution >= 0.6 is 11.6 Å². The fourth-order valence-corrected chi connectivity index (χ4v) is 4.48. The zero-order valence-electron chi connectivity index (χ0n) is 14.4. The molecule has 2 bridgehead atoms. The molecular formula is C17H19ClF3N3O2. The molecule has 0 spiro atoms. The molecule has 1 unspecified atom stereocenters. The molecule has 3 fully saturated rings. The highest BCUT2D eigenvalue weighted by Gasteiger charge is 2.48. The largest absolute Gasteiger partial charge is 0.573 e. The third-order valence-corrected chi connectivity index (χ3v) is 5.94. The molecule has 26 heavy (non-hydrogen) atoms. The number of hydrogen-bond acceptors (Lipinski definition) is 5. The van der Waals surface area contributed by atoms with Gasteiger partial charge >= 0.3 is 6.36 Å². The number of ether oxygens (including phenoxy) is 1. The van der Waals surface area contributed by atoms with Gasteiger partial charge in [-0.15, -0.1) is 13.2 Å². The van der Waals surface area contributed by atoms with E-state index in [2.05, 4.69) is 34.0 Å². The van der Waals surface area contributed by atoms with E-state index in [1.54, 1.807) is 6.07 Å². The third-order valence-electron chi connectivity index (χ3n) is 5.64. The van der Waals surface area contributed by atoms with Crippen LogP contribution in [0.2, 0.25) is 5.02 Å². The molecule has 1 N–H and O–H groups in total. The Balaban J connectivity index is 1.69. The number of fused-ring (bicyclic) bond motifs is 4. The van der Waals surface area contributed by atoms with Crippen LogP contribution in [0.15, 0.2) is 16.7 Å². The van der Waals surface area contributed by atoms with Crippen molar-refractivity contribution in [1.82, 2.24) is 10.1 Å². The number of hydrogen-bond donors (Lipinski definition) is 1. The average molecular weight is 390 g/mol. The lowest BCUT2D eigenvalue weighted by molar-refractivity contribution is -0.274. The lowest BCUT2D eigenvalue weighted by Crippen LogP contribution is -2.66. The summed E-state index contributed by atoms with van der Waals surface area (Å²) in [5, 5.41) is 7.61. The van der Waals surface area contributed by atoms with Gasteiger partial charge in [-0.05, 0) is 57.8 Å². The molecule has 1 aromatic heterocycles. The van der Waals surface area contributed by atoms with Gasteiger partial charge in [-0.3, -0.25) is 4.90 Å². The molecule has 5 nitrogen and oxygen atoms in total. The molecule has 9 heteroatoms. The van der Waals surface area contributed by atoms with Gasteiger partial charge in [-0.2, -0.15) is 0 Å². The van der Waals surface area contributed by atoms with Crippen LogP contribution in [0, 0.1) is 5.92 Å². The maximum Gasteiger partial charge on any atom is 0.573 e. The van der Waals surface area contributed by atoms with Gasteiger partial charge in [0, 0.05) is 11.6 Å². The molecule has 0 aliphatic carbocycles. The first-order valence-electron chi connectivity index (χ1n) is 8.52. The van der Waals surface area contributed by atoms with Crippen LogP contribution in [-0.4, -0.2) is 41.1 Å². The van der Waals surface area contributed by atoms with E-state index in [4.69, 9.17) is 16.1 Å². The van der Waals surface area contributed by atoms with Crippen molar-refractivity contribution in [2.45, 2.75) is 44.6 Å². The number of nitrogens with one attached hydrogen (secondary N) is 1. The van der Waals surface area contributed by atoms with Gasteiger partial charge < -0.3 is 14.6 Å². The van der Waals surface area contributed by atoms with Crippen molar-refractivity contribution in [3.8, 4) is 5.75 Å². The lowest BCUT2D eigenvalue weighted by Gasteiger charge is -2.56. The summed E-state index contributed by atoms with van der Waals surface area (Å²) in [6, 6.07) is 3.07. The van der Waals surface area contributed by atoms with E-state index in [9.17, 15) is 13.2 Å². The Kier molecular flexibility index (Phi) is 4.04. The summed E-state index contributed by atoms with van der Waals surface area (Å²) in [6.45, 7) is 6.48. The van der Waals surface area contributed by atoms with E-state index in [-0.39, 0.29) is 22.2 Å². The minimum absolute atomic E-state index is 0.0792. The Labute approximate surface area is 153 Å². The number of anilines is 1. The summed E-state index contributed by atoms with van der Waals surface area (Å²) in [5.74, 6) is 0.334. The zero-order valence-corrected chi connectivity index (χ0v) is 15.1. The SMILES string of the molecule is CC1(C)C(Nc2noc3c(OC(F)(F)F)c(Cl)ccc23)C2CCN1CC2. The second-order valence-electron chi connectivity index (χ2n) is 7.43. The first-order valence-corrected chi connectivity index (χ1v) is 8.90. The smallest absolute Gasteiger partial charge is 0.400 e. The highest BCUT2D eigenvalue weighted by molar-refractivity contribution is 6.33. The molecule has 142 valence electrons. The summed E-state index contributed by atoms with van der Waals surface area (Å²) >= 11 is 5.87. The van der Waals surface area contributed by atoms with Crippen LogP contribution in [-0.2, 0) is 0 Å². The minimum Gasteiger partial charge on any atom is -0.400 e. The summed E-state index contributed by atoms with van der Waals surface area (Å²) in [4.78, 5) is 2.43. The maximum absolute atomic E-state index is 12.7. The van der Waals surface area contributed by atoms with Crippen molar-refractivity contribution < 1.29 is 22.4 Å². The fraction of sp³-hybridized carbons (Fsp3) is 0.588. The van der Waals surface area contributed by atoms with Crippen molar-refractivity contribution in [2.75, 3.05) is 18.4 Å². The second kappa shape index (κ2) is 5.92.